The van der Waals surface area contributed by atoms with Crippen LogP contribution in [0.15, 0.2) is 24.3 Å². The quantitative estimate of drug-likeness (QED) is 0.837. The molecule has 0 fully saturated rings. The molecular formula is C12H18ClNO3S. The third-order valence-corrected chi connectivity index (χ3v) is 3.73. The fourth-order valence-electron chi connectivity index (χ4n) is 1.58. The van der Waals surface area contributed by atoms with Crippen LogP contribution in [0.3, 0.4) is 0 Å². The predicted octanol–water partition coefficient (Wildman–Crippen LogP) is 2.17. The third-order valence-electron chi connectivity index (χ3n) is 2.56. The molecule has 2 N–H and O–H groups in total. The number of halogens is 1. The van der Waals surface area contributed by atoms with Gasteiger partial charge in [0.05, 0.1) is 19.0 Å². The van der Waals surface area contributed by atoms with Crippen LogP contribution in [0, 0.1) is 5.92 Å². The zero-order valence-electron chi connectivity index (χ0n) is 10.3. The minimum Gasteiger partial charge on any atom is -0.376 e. The van der Waals surface area contributed by atoms with E-state index in [0.29, 0.717) is 24.7 Å². The van der Waals surface area contributed by atoms with Crippen LogP contribution in [0.25, 0.3) is 0 Å². The summed E-state index contributed by atoms with van der Waals surface area (Å²) in [6.45, 7) is 2.71. The summed E-state index contributed by atoms with van der Waals surface area (Å²) in [6.07, 6.45) is 0.714. The lowest BCUT2D eigenvalue weighted by Crippen LogP contribution is -2.25. The molecule has 6 heteroatoms. The SMILES string of the molecule is CCC(COCc1cccc(Cl)c1)CS(N)(=O)=O. The first-order valence-corrected chi connectivity index (χ1v) is 7.82. The van der Waals surface area contributed by atoms with Crippen LogP contribution in [0.1, 0.15) is 18.9 Å². The Morgan fingerprint density at radius 2 is 2.17 bits per heavy atom. The fraction of sp³-hybridized carbons (Fsp3) is 0.500. The number of nitrogens with two attached hydrogens (primary N) is 1. The van der Waals surface area contributed by atoms with Crippen molar-refractivity contribution in [3.05, 3.63) is 34.9 Å². The second-order valence-corrected chi connectivity index (χ2v) is 6.34. The van der Waals surface area contributed by atoms with E-state index in [0.717, 1.165) is 5.56 Å². The molecule has 18 heavy (non-hydrogen) atoms. The van der Waals surface area contributed by atoms with Crippen molar-refractivity contribution in [2.75, 3.05) is 12.4 Å². The molecule has 1 rings (SSSR count). The number of hydrogen-bond acceptors (Lipinski definition) is 3. The molecule has 4 nitrogen and oxygen atoms in total. The molecule has 1 atom stereocenters. The first kappa shape index (κ1) is 15.4. The average Bonchev–Trinajstić information content (AvgIpc) is 2.26. The van der Waals surface area contributed by atoms with Gasteiger partial charge in [0.25, 0.3) is 0 Å². The van der Waals surface area contributed by atoms with Crippen LogP contribution in [-0.4, -0.2) is 20.8 Å². The lowest BCUT2D eigenvalue weighted by molar-refractivity contribution is 0.0918. The highest BCUT2D eigenvalue weighted by Gasteiger charge is 2.14. The second-order valence-electron chi connectivity index (χ2n) is 4.25. The first-order valence-electron chi connectivity index (χ1n) is 5.73. The molecule has 0 aromatic heterocycles. The van der Waals surface area contributed by atoms with E-state index in [2.05, 4.69) is 0 Å². The van der Waals surface area contributed by atoms with E-state index in [1.165, 1.54) is 0 Å². The number of sulfonamides is 1. The Labute approximate surface area is 113 Å². The van der Waals surface area contributed by atoms with Crippen molar-refractivity contribution < 1.29 is 13.2 Å². The molecule has 0 saturated heterocycles. The largest absolute Gasteiger partial charge is 0.376 e. The van der Waals surface area contributed by atoms with Gasteiger partial charge in [0.15, 0.2) is 0 Å². The smallest absolute Gasteiger partial charge is 0.209 e. The van der Waals surface area contributed by atoms with Crippen molar-refractivity contribution >= 4 is 21.6 Å². The highest BCUT2D eigenvalue weighted by molar-refractivity contribution is 7.89. The summed E-state index contributed by atoms with van der Waals surface area (Å²) in [7, 11) is -3.44. The second kappa shape index (κ2) is 7.09. The van der Waals surface area contributed by atoms with Gasteiger partial charge in [-0.3, -0.25) is 0 Å². The van der Waals surface area contributed by atoms with E-state index in [1.54, 1.807) is 6.07 Å². The summed E-state index contributed by atoms with van der Waals surface area (Å²) >= 11 is 5.85. The van der Waals surface area contributed by atoms with Crippen LogP contribution < -0.4 is 5.14 Å². The van der Waals surface area contributed by atoms with Gasteiger partial charge in [-0.15, -0.1) is 0 Å². The van der Waals surface area contributed by atoms with E-state index in [-0.39, 0.29) is 11.7 Å². The number of rotatable bonds is 7. The summed E-state index contributed by atoms with van der Waals surface area (Å²) in [5.41, 5.74) is 0.966. The van der Waals surface area contributed by atoms with Gasteiger partial charge in [0.1, 0.15) is 0 Å². The lowest BCUT2D eigenvalue weighted by Gasteiger charge is -2.13. The molecule has 0 heterocycles. The first-order chi connectivity index (χ1) is 8.40. The van der Waals surface area contributed by atoms with Gasteiger partial charge in [0, 0.05) is 5.02 Å². The average molecular weight is 292 g/mol. The van der Waals surface area contributed by atoms with E-state index in [4.69, 9.17) is 21.5 Å². The zero-order valence-corrected chi connectivity index (χ0v) is 11.9. The molecule has 0 spiro atoms. The van der Waals surface area contributed by atoms with Crippen molar-refractivity contribution in [2.24, 2.45) is 11.1 Å². The molecule has 102 valence electrons. The summed E-state index contributed by atoms with van der Waals surface area (Å²) in [5, 5.41) is 5.67. The molecule has 0 aliphatic heterocycles. The summed E-state index contributed by atoms with van der Waals surface area (Å²) in [6, 6.07) is 7.37. The molecular weight excluding hydrogens is 274 g/mol. The third kappa shape index (κ3) is 6.35. The van der Waals surface area contributed by atoms with Crippen LogP contribution >= 0.6 is 11.6 Å². The van der Waals surface area contributed by atoms with Crippen LogP contribution in [0.4, 0.5) is 0 Å². The Morgan fingerprint density at radius 3 is 2.72 bits per heavy atom. The Kier molecular flexibility index (Phi) is 6.08. The molecule has 0 bridgehead atoms. The van der Waals surface area contributed by atoms with E-state index in [9.17, 15) is 8.42 Å². The van der Waals surface area contributed by atoms with Crippen LogP contribution in [0.2, 0.25) is 5.02 Å². The maximum Gasteiger partial charge on any atom is 0.209 e. The Bertz CT molecular complexity index is 476. The summed E-state index contributed by atoms with van der Waals surface area (Å²) in [5.74, 6) is -0.113. The van der Waals surface area contributed by atoms with Crippen LogP contribution in [-0.2, 0) is 21.4 Å². The maximum atomic E-state index is 11.0. The highest BCUT2D eigenvalue weighted by atomic mass is 35.5. The fourth-order valence-corrected chi connectivity index (χ4v) is 2.78. The molecule has 1 aromatic carbocycles. The minimum atomic E-state index is -3.44. The van der Waals surface area contributed by atoms with Crippen LogP contribution in [0.5, 0.6) is 0 Å². The van der Waals surface area contributed by atoms with Gasteiger partial charge in [0.2, 0.25) is 10.0 Å². The van der Waals surface area contributed by atoms with E-state index >= 15 is 0 Å². The molecule has 0 aliphatic carbocycles. The molecule has 0 amide bonds. The molecule has 0 saturated carbocycles. The monoisotopic (exact) mass is 291 g/mol. The van der Waals surface area contributed by atoms with Crippen molar-refractivity contribution in [3.8, 4) is 0 Å². The number of primary sulfonamides is 1. The molecule has 1 unspecified atom stereocenters. The van der Waals surface area contributed by atoms with Crippen molar-refractivity contribution in [1.82, 2.24) is 0 Å². The minimum absolute atomic E-state index is 0.0426. The zero-order chi connectivity index (χ0) is 13.6. The summed E-state index contributed by atoms with van der Waals surface area (Å²) < 4.78 is 27.5. The van der Waals surface area contributed by atoms with Crippen molar-refractivity contribution in [2.45, 2.75) is 20.0 Å². The molecule has 0 radical (unpaired) electrons. The van der Waals surface area contributed by atoms with Gasteiger partial charge in [-0.05, 0) is 23.6 Å². The van der Waals surface area contributed by atoms with Gasteiger partial charge in [-0.25, -0.2) is 13.6 Å². The topological polar surface area (TPSA) is 69.4 Å². The van der Waals surface area contributed by atoms with Gasteiger partial charge >= 0.3 is 0 Å². The number of hydrogen-bond donors (Lipinski definition) is 1. The molecule has 1 aromatic rings. The van der Waals surface area contributed by atoms with Gasteiger partial charge < -0.3 is 4.74 Å². The Hall–Kier alpha value is -0.620. The maximum absolute atomic E-state index is 11.0. The summed E-state index contributed by atoms with van der Waals surface area (Å²) in [4.78, 5) is 0. The Balaban J connectivity index is 2.40. The van der Waals surface area contributed by atoms with E-state index in [1.807, 2.05) is 25.1 Å². The Morgan fingerprint density at radius 1 is 1.44 bits per heavy atom. The normalized spacial score (nSPS) is 13.5. The standard InChI is InChI=1S/C12H18ClNO3S/c1-2-10(9-18(14,15)16)7-17-8-11-4-3-5-12(13)6-11/h3-6,10H,2,7-9H2,1H3,(H2,14,15,16). The number of benzene rings is 1. The highest BCUT2D eigenvalue weighted by Crippen LogP contribution is 2.13. The van der Waals surface area contributed by atoms with Gasteiger partial charge in [-0.1, -0.05) is 37.1 Å². The van der Waals surface area contributed by atoms with Crippen molar-refractivity contribution in [3.63, 3.8) is 0 Å². The predicted molar refractivity (Wildman–Crippen MR) is 72.9 cm³/mol. The van der Waals surface area contributed by atoms with Gasteiger partial charge in [-0.2, -0.15) is 0 Å². The number of ether oxygens (including phenoxy) is 1. The molecule has 0 aliphatic rings. The van der Waals surface area contributed by atoms with Crippen molar-refractivity contribution in [1.29, 1.82) is 0 Å². The lowest BCUT2D eigenvalue weighted by atomic mass is 10.1. The van der Waals surface area contributed by atoms with E-state index < -0.39 is 10.0 Å².